The summed E-state index contributed by atoms with van der Waals surface area (Å²) in [7, 11) is 0. The van der Waals surface area contributed by atoms with Gasteiger partial charge < -0.3 is 0 Å². The molecule has 10 heavy (non-hydrogen) atoms. The van der Waals surface area contributed by atoms with Crippen LogP contribution in [0.15, 0.2) is 30.9 Å². The average Bonchev–Trinajstić information content (AvgIpc) is 1.96. The van der Waals surface area contributed by atoms with Gasteiger partial charge in [-0.2, -0.15) is 0 Å². The summed E-state index contributed by atoms with van der Waals surface area (Å²) in [4.78, 5) is 3.81. The van der Waals surface area contributed by atoms with E-state index in [2.05, 4.69) is 24.7 Å². The molecule has 0 N–H and O–H groups in total. The third-order valence-corrected chi connectivity index (χ3v) is 0.349. The molecule has 0 aromatic heterocycles. The highest BCUT2D eigenvalue weighted by Crippen LogP contribution is 1.71. The molecule has 0 saturated carbocycles. The van der Waals surface area contributed by atoms with Gasteiger partial charge in [0.05, 0.1) is 0 Å². The Balaban J connectivity index is -0.000000105. The van der Waals surface area contributed by atoms with Crippen LogP contribution >= 0.6 is 0 Å². The van der Waals surface area contributed by atoms with Crippen LogP contribution in [0.2, 0.25) is 0 Å². The van der Waals surface area contributed by atoms with Crippen molar-refractivity contribution in [2.45, 2.75) is 27.7 Å². The molecule has 0 bridgehead atoms. The summed E-state index contributed by atoms with van der Waals surface area (Å²) in [6.07, 6.45) is 1.54. The van der Waals surface area contributed by atoms with Crippen molar-refractivity contribution in [2.24, 2.45) is 4.99 Å². The van der Waals surface area contributed by atoms with Gasteiger partial charge in [-0.15, -0.1) is 13.2 Å². The molecule has 0 aliphatic heterocycles. The van der Waals surface area contributed by atoms with E-state index in [1.165, 1.54) is 6.20 Å². The Kier molecular flexibility index (Phi) is 38.9. The van der Waals surface area contributed by atoms with Crippen molar-refractivity contribution < 1.29 is 0 Å². The van der Waals surface area contributed by atoms with E-state index < -0.39 is 0 Å². The molecule has 0 spiro atoms. The first-order valence-electron chi connectivity index (χ1n) is 3.39. The van der Waals surface area contributed by atoms with Crippen molar-refractivity contribution in [1.29, 1.82) is 0 Å². The molecule has 0 rings (SSSR count). The predicted octanol–water partition coefficient (Wildman–Crippen LogP) is 3.44. The Hall–Kier alpha value is -0.850. The lowest BCUT2D eigenvalue weighted by molar-refractivity contribution is 1.50. The van der Waals surface area contributed by atoms with E-state index in [1.807, 2.05) is 27.7 Å². The molecular weight excluding hydrogens is 122 g/mol. The van der Waals surface area contributed by atoms with Crippen LogP contribution in [0.5, 0.6) is 0 Å². The molecule has 0 atom stereocenters. The highest BCUT2D eigenvalue weighted by molar-refractivity contribution is 5.79. The molecule has 0 amide bonds. The lowest BCUT2D eigenvalue weighted by atomic mass is 10.5. The van der Waals surface area contributed by atoms with E-state index in [-0.39, 0.29) is 0 Å². The van der Waals surface area contributed by atoms with Gasteiger partial charge in [-0.05, 0) is 13.8 Å². The smallest absolute Gasteiger partial charge is 0.0194 e. The van der Waals surface area contributed by atoms with Gasteiger partial charge in [0.25, 0.3) is 0 Å². The third kappa shape index (κ3) is 58.5. The fraction of sp³-hybridized carbons (Fsp3) is 0.444. The quantitative estimate of drug-likeness (QED) is 0.392. The van der Waals surface area contributed by atoms with Crippen LogP contribution in [-0.2, 0) is 0 Å². The summed E-state index contributed by atoms with van der Waals surface area (Å²) >= 11 is 0. The second-order valence-electron chi connectivity index (χ2n) is 1.26. The van der Waals surface area contributed by atoms with Crippen LogP contribution in [0, 0.1) is 0 Å². The molecule has 0 fully saturated rings. The molecular formula is C9H19N. The van der Waals surface area contributed by atoms with Crippen LogP contribution in [0.3, 0.4) is 0 Å². The molecule has 1 heteroatoms. The molecule has 0 aliphatic carbocycles. The lowest BCUT2D eigenvalue weighted by Crippen LogP contribution is -1.73. The number of hydrogen-bond acceptors (Lipinski definition) is 1. The zero-order valence-electron chi connectivity index (χ0n) is 7.65. The van der Waals surface area contributed by atoms with E-state index in [4.69, 9.17) is 0 Å². The van der Waals surface area contributed by atoms with E-state index in [0.29, 0.717) is 0 Å². The molecule has 1 nitrogen and oxygen atoms in total. The summed E-state index contributed by atoms with van der Waals surface area (Å²) < 4.78 is 0. The van der Waals surface area contributed by atoms with Gasteiger partial charge in [-0.3, -0.25) is 4.99 Å². The van der Waals surface area contributed by atoms with Gasteiger partial charge in [0.15, 0.2) is 0 Å². The van der Waals surface area contributed by atoms with Crippen molar-refractivity contribution in [3.05, 3.63) is 25.9 Å². The van der Waals surface area contributed by atoms with Crippen molar-refractivity contribution in [3.8, 4) is 0 Å². The minimum absolute atomic E-state index is 1.05. The normalized spacial score (nSPS) is 5.20. The van der Waals surface area contributed by atoms with E-state index in [9.17, 15) is 0 Å². The summed E-state index contributed by atoms with van der Waals surface area (Å²) in [5.41, 5.74) is 1.05. The Morgan fingerprint density at radius 1 is 1.20 bits per heavy atom. The van der Waals surface area contributed by atoms with Crippen LogP contribution < -0.4 is 0 Å². The Bertz CT molecular complexity index is 78.7. The van der Waals surface area contributed by atoms with Crippen LogP contribution in [0.4, 0.5) is 0 Å². The largest absolute Gasteiger partial charge is 0.267 e. The topological polar surface area (TPSA) is 12.4 Å². The zero-order chi connectivity index (χ0) is 8.99. The van der Waals surface area contributed by atoms with Crippen molar-refractivity contribution in [1.82, 2.24) is 0 Å². The van der Waals surface area contributed by atoms with Crippen molar-refractivity contribution >= 4 is 5.71 Å². The summed E-state index contributed by atoms with van der Waals surface area (Å²) in [5.74, 6) is 0. The lowest BCUT2D eigenvalue weighted by Gasteiger charge is -1.76. The third-order valence-electron chi connectivity index (χ3n) is 0.349. The van der Waals surface area contributed by atoms with Crippen LogP contribution in [0.25, 0.3) is 0 Å². The first kappa shape index (κ1) is 16.1. The standard InChI is InChI=1S/C5H9N.C2H6.C2H4/c1-4-6-5(2)3;2*1-2/h4H,1H2,2-3H3;1-2H3;1-2H2. The SMILES string of the molecule is C=C.C=CN=C(C)C.CC. The van der Waals surface area contributed by atoms with E-state index in [1.54, 1.807) is 0 Å². The van der Waals surface area contributed by atoms with Gasteiger partial charge in [0, 0.05) is 11.9 Å². The number of nitrogens with zero attached hydrogens (tertiary/aromatic N) is 1. The minimum Gasteiger partial charge on any atom is -0.267 e. The molecule has 0 saturated heterocycles. The highest BCUT2D eigenvalue weighted by atomic mass is 14.7. The van der Waals surface area contributed by atoms with Gasteiger partial charge in [-0.25, -0.2) is 0 Å². The minimum atomic E-state index is 1.05. The summed E-state index contributed by atoms with van der Waals surface area (Å²) in [5, 5.41) is 0. The van der Waals surface area contributed by atoms with E-state index in [0.717, 1.165) is 5.71 Å². The maximum absolute atomic E-state index is 3.81. The maximum atomic E-state index is 3.81. The first-order valence-corrected chi connectivity index (χ1v) is 3.39. The second kappa shape index (κ2) is 24.2. The number of aliphatic imine (C=N–C) groups is 1. The molecule has 0 radical (unpaired) electrons. The zero-order valence-corrected chi connectivity index (χ0v) is 7.65. The molecule has 0 aromatic carbocycles. The number of hydrogen-bond donors (Lipinski definition) is 0. The Morgan fingerprint density at radius 2 is 1.50 bits per heavy atom. The average molecular weight is 141 g/mol. The Morgan fingerprint density at radius 3 is 1.50 bits per heavy atom. The van der Waals surface area contributed by atoms with Crippen LogP contribution in [0.1, 0.15) is 27.7 Å². The molecule has 0 aromatic rings. The Labute approximate surface area is 65.2 Å². The van der Waals surface area contributed by atoms with Gasteiger partial charge in [-0.1, -0.05) is 20.4 Å². The van der Waals surface area contributed by atoms with Crippen LogP contribution in [-0.4, -0.2) is 5.71 Å². The van der Waals surface area contributed by atoms with Crippen molar-refractivity contribution in [2.75, 3.05) is 0 Å². The van der Waals surface area contributed by atoms with Crippen molar-refractivity contribution in [3.63, 3.8) is 0 Å². The molecule has 0 unspecified atom stereocenters. The monoisotopic (exact) mass is 141 g/mol. The van der Waals surface area contributed by atoms with E-state index >= 15 is 0 Å². The molecule has 0 heterocycles. The van der Waals surface area contributed by atoms with Gasteiger partial charge in [0.1, 0.15) is 0 Å². The summed E-state index contributed by atoms with van der Waals surface area (Å²) in [6.45, 7) is 17.3. The first-order chi connectivity index (χ1) is 4.77. The van der Waals surface area contributed by atoms with Gasteiger partial charge >= 0.3 is 0 Å². The molecule has 0 aliphatic rings. The van der Waals surface area contributed by atoms with Gasteiger partial charge in [0.2, 0.25) is 0 Å². The fourth-order valence-electron chi connectivity index (χ4n) is 0.183. The highest BCUT2D eigenvalue weighted by Gasteiger charge is 1.64. The summed E-state index contributed by atoms with van der Waals surface area (Å²) in [6, 6.07) is 0. The number of rotatable bonds is 1. The maximum Gasteiger partial charge on any atom is 0.0194 e. The second-order valence-corrected chi connectivity index (χ2v) is 1.26. The fourth-order valence-corrected chi connectivity index (χ4v) is 0.183. The predicted molar refractivity (Wildman–Crippen MR) is 51.6 cm³/mol. The molecule has 60 valence electrons.